The molecular formula is C44H42N2O8. The van der Waals surface area contributed by atoms with Crippen LogP contribution in [0, 0.1) is 0 Å². The Bertz CT molecular complexity index is 2090. The lowest BCUT2D eigenvalue weighted by molar-refractivity contribution is -0.264. The summed E-state index contributed by atoms with van der Waals surface area (Å²) in [6.07, 6.45) is -2.22. The zero-order valence-electron chi connectivity index (χ0n) is 30.0. The standard InChI is InChI=1S/C44H42N2O8/c1-27(39(48)31-11-7-4-8-12-31)46(2)25-37-38(30-9-5-3-6-10-30)40(32-17-15-29(26-47)16-18-32)53-44(52-37)33-19-13-28(14-20-33)24-45-41(49)34-21-22-35-36(23-34)43(51)54-42(35)50/h3-23,27,37-40,44,47-48H,24-26H2,1-2H3,(H,45,49). The van der Waals surface area contributed by atoms with Crippen molar-refractivity contribution in [2.45, 2.75) is 56.6 Å². The van der Waals surface area contributed by atoms with Gasteiger partial charge in [0.25, 0.3) is 5.91 Å². The first-order valence-corrected chi connectivity index (χ1v) is 18.0. The first kappa shape index (κ1) is 36.9. The summed E-state index contributed by atoms with van der Waals surface area (Å²) in [7, 11) is 1.99. The van der Waals surface area contributed by atoms with E-state index in [1.165, 1.54) is 18.2 Å². The number of fused-ring (bicyclic) bond motifs is 1. The minimum absolute atomic E-state index is 0.0650. The number of aliphatic hydroxyl groups excluding tert-OH is 2. The average molecular weight is 727 g/mol. The summed E-state index contributed by atoms with van der Waals surface area (Å²) < 4.78 is 18.4. The Labute approximate surface area is 313 Å². The van der Waals surface area contributed by atoms with Gasteiger partial charge in [-0.1, -0.05) is 109 Å². The van der Waals surface area contributed by atoms with Crippen LogP contribution in [0.4, 0.5) is 0 Å². The topological polar surface area (TPSA) is 135 Å². The Morgan fingerprint density at radius 1 is 0.759 bits per heavy atom. The SMILES string of the molecule is CC(C(O)c1ccccc1)N(C)CC1OC(c2ccc(CNC(=O)c3ccc4c(c3)C(=O)OC4=O)cc2)OC(c2ccc(CO)cc2)C1c1ccccc1. The largest absolute Gasteiger partial charge is 0.392 e. The highest BCUT2D eigenvalue weighted by atomic mass is 16.7. The molecule has 3 N–H and O–H groups in total. The van der Waals surface area contributed by atoms with Crippen molar-refractivity contribution in [2.75, 3.05) is 13.6 Å². The van der Waals surface area contributed by atoms with E-state index in [2.05, 4.69) is 27.1 Å². The minimum atomic E-state index is -0.764. The third kappa shape index (κ3) is 7.89. The minimum Gasteiger partial charge on any atom is -0.392 e. The lowest BCUT2D eigenvalue weighted by Crippen LogP contribution is -2.46. The second-order valence-corrected chi connectivity index (χ2v) is 13.8. The van der Waals surface area contributed by atoms with E-state index in [-0.39, 0.29) is 47.9 Å². The van der Waals surface area contributed by atoms with Gasteiger partial charge in [-0.15, -0.1) is 0 Å². The fourth-order valence-electron chi connectivity index (χ4n) is 7.09. The van der Waals surface area contributed by atoms with Crippen molar-refractivity contribution in [2.24, 2.45) is 0 Å². The number of esters is 2. The van der Waals surface area contributed by atoms with E-state index in [1.807, 2.05) is 111 Å². The zero-order valence-corrected chi connectivity index (χ0v) is 30.0. The van der Waals surface area contributed by atoms with Crippen molar-refractivity contribution in [3.05, 3.63) is 177 Å². The van der Waals surface area contributed by atoms with E-state index in [0.717, 1.165) is 33.4 Å². The number of hydrogen-bond donors (Lipinski definition) is 3. The van der Waals surface area contributed by atoms with Gasteiger partial charge in [0.15, 0.2) is 6.29 Å². The fraction of sp³-hybridized carbons (Fsp3) is 0.250. The number of carbonyl (C=O) groups excluding carboxylic acids is 3. The quantitative estimate of drug-likeness (QED) is 0.0985. The lowest BCUT2D eigenvalue weighted by atomic mass is 9.83. The highest BCUT2D eigenvalue weighted by Gasteiger charge is 2.43. The van der Waals surface area contributed by atoms with Gasteiger partial charge in [0.05, 0.1) is 36.0 Å². The summed E-state index contributed by atoms with van der Waals surface area (Å²) in [6, 6.07) is 39.3. The number of nitrogens with one attached hydrogen (secondary N) is 1. The number of cyclic esters (lactones) is 2. The average Bonchev–Trinajstić information content (AvgIpc) is 3.51. The van der Waals surface area contributed by atoms with Crippen LogP contribution in [0.25, 0.3) is 0 Å². The maximum atomic E-state index is 13.0. The third-order valence-corrected chi connectivity index (χ3v) is 10.3. The Hall–Kier alpha value is -5.49. The van der Waals surface area contributed by atoms with Crippen LogP contribution >= 0.6 is 0 Å². The van der Waals surface area contributed by atoms with E-state index in [0.29, 0.717) is 6.54 Å². The summed E-state index contributed by atoms with van der Waals surface area (Å²) in [4.78, 5) is 38.8. The predicted molar refractivity (Wildman–Crippen MR) is 200 cm³/mol. The summed E-state index contributed by atoms with van der Waals surface area (Å²) >= 11 is 0. The van der Waals surface area contributed by atoms with E-state index >= 15 is 0 Å². The zero-order chi connectivity index (χ0) is 37.8. The van der Waals surface area contributed by atoms with Crippen LogP contribution in [0.3, 0.4) is 0 Å². The van der Waals surface area contributed by atoms with Gasteiger partial charge in [0.1, 0.15) is 0 Å². The molecule has 10 nitrogen and oxygen atoms in total. The molecule has 5 aromatic rings. The number of likely N-dealkylation sites (N-methyl/N-ethyl adjacent to an activating group) is 1. The summed E-state index contributed by atoms with van der Waals surface area (Å²) in [5, 5.41) is 23.9. The molecule has 10 heteroatoms. The molecule has 0 radical (unpaired) electrons. The molecule has 1 fully saturated rings. The number of hydrogen-bond acceptors (Lipinski definition) is 9. The van der Waals surface area contributed by atoms with Gasteiger partial charge < -0.3 is 29.7 Å². The molecule has 6 unspecified atom stereocenters. The van der Waals surface area contributed by atoms with Crippen molar-refractivity contribution in [3.63, 3.8) is 0 Å². The second kappa shape index (κ2) is 16.3. The molecule has 2 aliphatic heterocycles. The van der Waals surface area contributed by atoms with Crippen molar-refractivity contribution in [1.29, 1.82) is 0 Å². The Morgan fingerprint density at radius 3 is 2.07 bits per heavy atom. The molecular weight excluding hydrogens is 684 g/mol. The van der Waals surface area contributed by atoms with E-state index in [1.54, 1.807) is 0 Å². The molecule has 0 bridgehead atoms. The molecule has 0 spiro atoms. The maximum absolute atomic E-state index is 13.0. The van der Waals surface area contributed by atoms with Crippen LogP contribution in [-0.4, -0.2) is 58.7 Å². The normalized spacial score (nSPS) is 20.6. The predicted octanol–water partition coefficient (Wildman–Crippen LogP) is 6.41. The van der Waals surface area contributed by atoms with Gasteiger partial charge in [-0.05, 0) is 60.0 Å². The molecule has 276 valence electrons. The molecule has 1 amide bonds. The highest BCUT2D eigenvalue weighted by molar-refractivity contribution is 6.15. The number of carbonyl (C=O) groups is 3. The van der Waals surface area contributed by atoms with Gasteiger partial charge in [0, 0.05) is 36.2 Å². The number of nitrogens with zero attached hydrogens (tertiary/aromatic N) is 1. The molecule has 2 aliphatic rings. The van der Waals surface area contributed by atoms with Gasteiger partial charge in [-0.3, -0.25) is 9.69 Å². The first-order valence-electron chi connectivity index (χ1n) is 18.0. The summed E-state index contributed by atoms with van der Waals surface area (Å²) in [5.74, 6) is -2.09. The van der Waals surface area contributed by atoms with E-state index < -0.39 is 36.3 Å². The number of rotatable bonds is 12. The molecule has 54 heavy (non-hydrogen) atoms. The highest BCUT2D eigenvalue weighted by Crippen LogP contribution is 2.47. The molecule has 1 saturated heterocycles. The summed E-state index contributed by atoms with van der Waals surface area (Å²) in [6.45, 7) is 2.66. The molecule has 0 saturated carbocycles. The maximum Gasteiger partial charge on any atom is 0.346 e. The van der Waals surface area contributed by atoms with Crippen molar-refractivity contribution in [1.82, 2.24) is 10.2 Å². The third-order valence-electron chi connectivity index (χ3n) is 10.3. The molecule has 7 rings (SSSR count). The Balaban J connectivity index is 1.13. The van der Waals surface area contributed by atoms with Crippen LogP contribution in [0.1, 0.15) is 95.8 Å². The van der Waals surface area contributed by atoms with E-state index in [4.69, 9.17) is 9.47 Å². The number of ether oxygens (including phenoxy) is 3. The van der Waals surface area contributed by atoms with Crippen LogP contribution < -0.4 is 5.32 Å². The fourth-order valence-corrected chi connectivity index (χ4v) is 7.09. The van der Waals surface area contributed by atoms with Crippen LogP contribution in [0.5, 0.6) is 0 Å². The number of aliphatic hydroxyl groups is 2. The summed E-state index contributed by atoms with van der Waals surface area (Å²) in [5.41, 5.74) is 5.73. The van der Waals surface area contributed by atoms with Crippen molar-refractivity contribution in [3.8, 4) is 0 Å². The van der Waals surface area contributed by atoms with Crippen LogP contribution in [-0.2, 0) is 27.4 Å². The van der Waals surface area contributed by atoms with Crippen LogP contribution in [0.15, 0.2) is 127 Å². The van der Waals surface area contributed by atoms with Gasteiger partial charge in [-0.25, -0.2) is 9.59 Å². The molecule has 5 aromatic carbocycles. The smallest absolute Gasteiger partial charge is 0.346 e. The second-order valence-electron chi connectivity index (χ2n) is 13.8. The molecule has 0 aromatic heterocycles. The van der Waals surface area contributed by atoms with E-state index in [9.17, 15) is 24.6 Å². The lowest BCUT2D eigenvalue weighted by Gasteiger charge is -2.45. The van der Waals surface area contributed by atoms with Crippen molar-refractivity contribution >= 4 is 17.8 Å². The Kier molecular flexibility index (Phi) is 11.1. The van der Waals surface area contributed by atoms with Crippen molar-refractivity contribution < 1.29 is 38.8 Å². The first-order chi connectivity index (χ1) is 26.2. The molecule has 6 atom stereocenters. The number of benzene rings is 5. The van der Waals surface area contributed by atoms with Gasteiger partial charge in [-0.2, -0.15) is 0 Å². The molecule has 2 heterocycles. The number of amides is 1. The van der Waals surface area contributed by atoms with Gasteiger partial charge >= 0.3 is 11.9 Å². The molecule has 0 aliphatic carbocycles. The van der Waals surface area contributed by atoms with Crippen LogP contribution in [0.2, 0.25) is 0 Å². The van der Waals surface area contributed by atoms with Gasteiger partial charge in [0.2, 0.25) is 0 Å². The Morgan fingerprint density at radius 2 is 1.39 bits per heavy atom. The monoisotopic (exact) mass is 726 g/mol.